The molecule has 0 fully saturated rings. The maximum Gasteiger partial charge on any atom is 0.573 e. The molecule has 1 atom stereocenters. The Kier molecular flexibility index (Phi) is 8.74. The molecule has 0 aliphatic carbocycles. The van der Waals surface area contributed by atoms with E-state index in [9.17, 15) is 40.3 Å². The molecule has 0 saturated heterocycles. The maximum atomic E-state index is 14.6. The molecule has 0 unspecified atom stereocenters. The van der Waals surface area contributed by atoms with Gasteiger partial charge in [0.25, 0.3) is 5.91 Å². The standard InChI is InChI=1S/C23H17F4N3O4.C2HF3O2/c24-16-12-15(7-8-17(16)34-23(25,26)27)22(9-11-33-18-2-1-10-29-19(18)22)30-21(32)14-5-3-13(4-6-14)20(28)31;3-2(4,5)1(6)7/h1-8,10,12H,9,11H2,(H2,28,31)(H,30,32);(H,6,7)/t22-;/m0./s1. The molecule has 0 spiro atoms. The number of carbonyl (C=O) groups is 3. The Bertz CT molecular complexity index is 1440. The molecule has 3 aromatic rings. The Morgan fingerprint density at radius 1 is 1.00 bits per heavy atom. The summed E-state index contributed by atoms with van der Waals surface area (Å²) >= 11 is 0. The van der Waals surface area contributed by atoms with Crippen molar-refractivity contribution in [2.75, 3.05) is 6.61 Å². The molecule has 2 amide bonds. The summed E-state index contributed by atoms with van der Waals surface area (Å²) in [6.07, 6.45) is -8.59. The van der Waals surface area contributed by atoms with Crippen molar-refractivity contribution in [2.45, 2.75) is 24.5 Å². The van der Waals surface area contributed by atoms with E-state index in [1.807, 2.05) is 0 Å². The minimum atomic E-state index is -5.08. The summed E-state index contributed by atoms with van der Waals surface area (Å²) in [5.74, 6) is -5.96. The lowest BCUT2D eigenvalue weighted by Crippen LogP contribution is -2.50. The minimum absolute atomic E-state index is 0.112. The van der Waals surface area contributed by atoms with Crippen molar-refractivity contribution in [3.8, 4) is 11.5 Å². The van der Waals surface area contributed by atoms with Crippen molar-refractivity contribution < 1.29 is 59.7 Å². The van der Waals surface area contributed by atoms with Crippen molar-refractivity contribution in [3.63, 3.8) is 0 Å². The van der Waals surface area contributed by atoms with Crippen LogP contribution in [0.15, 0.2) is 60.8 Å². The molecule has 2 heterocycles. The fourth-order valence-corrected chi connectivity index (χ4v) is 3.76. The van der Waals surface area contributed by atoms with Gasteiger partial charge in [-0.2, -0.15) is 13.2 Å². The summed E-state index contributed by atoms with van der Waals surface area (Å²) in [6.45, 7) is 0.113. The third-order valence-electron chi connectivity index (χ3n) is 5.56. The van der Waals surface area contributed by atoms with Gasteiger partial charge in [-0.15, -0.1) is 13.2 Å². The first-order valence-electron chi connectivity index (χ1n) is 11.2. The highest BCUT2D eigenvalue weighted by molar-refractivity contribution is 5.97. The summed E-state index contributed by atoms with van der Waals surface area (Å²) in [6, 6.07) is 11.7. The molecule has 1 aromatic heterocycles. The van der Waals surface area contributed by atoms with Gasteiger partial charge in [0, 0.05) is 23.7 Å². The number of aromatic nitrogens is 1. The smallest absolute Gasteiger partial charge is 0.491 e. The second kappa shape index (κ2) is 11.7. The van der Waals surface area contributed by atoms with Crippen LogP contribution in [0.5, 0.6) is 11.5 Å². The van der Waals surface area contributed by atoms with E-state index in [-0.39, 0.29) is 35.4 Å². The van der Waals surface area contributed by atoms with Gasteiger partial charge in [0.05, 0.1) is 6.61 Å². The van der Waals surface area contributed by atoms with Gasteiger partial charge in [-0.05, 0) is 54.1 Å². The molecule has 0 radical (unpaired) electrons. The number of halogens is 7. The first-order valence-corrected chi connectivity index (χ1v) is 11.2. The number of fused-ring (bicyclic) bond motifs is 1. The summed E-state index contributed by atoms with van der Waals surface area (Å²) in [5, 5.41) is 9.96. The number of nitrogens with two attached hydrogens (primary N) is 1. The molecule has 218 valence electrons. The molecule has 16 heteroatoms. The lowest BCUT2D eigenvalue weighted by Gasteiger charge is -2.39. The second-order valence-corrected chi connectivity index (χ2v) is 8.25. The van der Waals surface area contributed by atoms with Crippen molar-refractivity contribution in [3.05, 3.63) is 89.0 Å². The number of hydrogen-bond donors (Lipinski definition) is 3. The number of ether oxygens (including phenoxy) is 2. The predicted octanol–water partition coefficient (Wildman–Crippen LogP) is 4.31. The van der Waals surface area contributed by atoms with Crippen LogP contribution in [-0.4, -0.2) is 47.0 Å². The Balaban J connectivity index is 0.000000587. The molecule has 4 N–H and O–H groups in total. The highest BCUT2D eigenvalue weighted by atomic mass is 19.4. The summed E-state index contributed by atoms with van der Waals surface area (Å²) in [5.41, 5.74) is 4.57. The second-order valence-electron chi connectivity index (χ2n) is 8.25. The number of carboxylic acids is 1. The molecular weight excluding hydrogens is 571 g/mol. The van der Waals surface area contributed by atoms with Crippen LogP contribution in [0.3, 0.4) is 0 Å². The minimum Gasteiger partial charge on any atom is -0.491 e. The molecule has 4 rings (SSSR count). The van der Waals surface area contributed by atoms with E-state index in [1.165, 1.54) is 36.5 Å². The van der Waals surface area contributed by atoms with Crippen LogP contribution in [-0.2, 0) is 10.3 Å². The molecule has 1 aliphatic rings. The predicted molar refractivity (Wildman–Crippen MR) is 124 cm³/mol. The van der Waals surface area contributed by atoms with Gasteiger partial charge in [-0.1, -0.05) is 6.07 Å². The number of primary amides is 1. The van der Waals surface area contributed by atoms with Crippen LogP contribution in [0.25, 0.3) is 0 Å². The van der Waals surface area contributed by atoms with E-state index in [2.05, 4.69) is 15.0 Å². The number of alkyl halides is 6. The molecule has 0 saturated carbocycles. The SMILES string of the molecule is NC(=O)c1ccc(C(=O)N[C@]2(c3ccc(OC(F)(F)F)c(F)c3)CCOc3cccnc32)cc1.O=C(O)C(F)(F)F. The molecule has 0 bridgehead atoms. The van der Waals surface area contributed by atoms with E-state index in [4.69, 9.17) is 20.4 Å². The lowest BCUT2D eigenvalue weighted by atomic mass is 9.81. The number of nitrogens with one attached hydrogen (secondary N) is 1. The van der Waals surface area contributed by atoms with E-state index >= 15 is 0 Å². The normalized spacial score (nSPS) is 16.3. The zero-order valence-electron chi connectivity index (χ0n) is 20.3. The zero-order chi connectivity index (χ0) is 30.6. The van der Waals surface area contributed by atoms with Gasteiger partial charge in [-0.3, -0.25) is 14.6 Å². The third kappa shape index (κ3) is 7.40. The Morgan fingerprint density at radius 2 is 1.61 bits per heavy atom. The largest absolute Gasteiger partial charge is 0.573 e. The van der Waals surface area contributed by atoms with Crippen LogP contribution in [0.4, 0.5) is 30.7 Å². The highest BCUT2D eigenvalue weighted by Gasteiger charge is 2.43. The molecule has 9 nitrogen and oxygen atoms in total. The van der Waals surface area contributed by atoms with Gasteiger partial charge in [0.15, 0.2) is 11.6 Å². The van der Waals surface area contributed by atoms with Crippen molar-refractivity contribution in [1.82, 2.24) is 10.3 Å². The number of benzene rings is 2. The quantitative estimate of drug-likeness (QED) is 0.377. The fourth-order valence-electron chi connectivity index (χ4n) is 3.76. The summed E-state index contributed by atoms with van der Waals surface area (Å²) < 4.78 is 93.5. The maximum absolute atomic E-state index is 14.6. The van der Waals surface area contributed by atoms with Crippen LogP contribution >= 0.6 is 0 Å². The zero-order valence-corrected chi connectivity index (χ0v) is 20.3. The van der Waals surface area contributed by atoms with E-state index in [1.54, 1.807) is 12.1 Å². The molecule has 1 aliphatic heterocycles. The van der Waals surface area contributed by atoms with Crippen LogP contribution < -0.4 is 20.5 Å². The molecule has 2 aromatic carbocycles. The van der Waals surface area contributed by atoms with E-state index < -0.39 is 47.4 Å². The Labute approximate surface area is 225 Å². The van der Waals surface area contributed by atoms with Crippen LogP contribution in [0.1, 0.15) is 38.4 Å². The number of nitrogens with zero attached hydrogens (tertiary/aromatic N) is 1. The lowest BCUT2D eigenvalue weighted by molar-refractivity contribution is -0.275. The number of hydrogen-bond acceptors (Lipinski definition) is 6. The van der Waals surface area contributed by atoms with E-state index in [0.717, 1.165) is 12.1 Å². The monoisotopic (exact) mass is 589 g/mol. The number of amides is 2. The number of aliphatic carboxylic acids is 1. The van der Waals surface area contributed by atoms with Crippen molar-refractivity contribution in [1.29, 1.82) is 0 Å². The van der Waals surface area contributed by atoms with Gasteiger partial charge in [-0.25, -0.2) is 9.18 Å². The van der Waals surface area contributed by atoms with E-state index in [0.29, 0.717) is 5.75 Å². The Hall–Kier alpha value is -4.89. The fraction of sp³-hybridized carbons (Fsp3) is 0.200. The van der Waals surface area contributed by atoms with Crippen molar-refractivity contribution in [2.24, 2.45) is 5.73 Å². The van der Waals surface area contributed by atoms with Crippen molar-refractivity contribution >= 4 is 17.8 Å². The number of carboxylic acid groups (broad SMARTS) is 1. The first kappa shape index (κ1) is 30.6. The molecular formula is C25H18F7N3O6. The van der Waals surface area contributed by atoms with Gasteiger partial charge >= 0.3 is 18.5 Å². The average Bonchev–Trinajstić information content (AvgIpc) is 2.89. The first-order chi connectivity index (χ1) is 19.0. The average molecular weight is 589 g/mol. The highest BCUT2D eigenvalue weighted by Crippen LogP contribution is 2.42. The van der Waals surface area contributed by atoms with Crippen LogP contribution in [0.2, 0.25) is 0 Å². The number of pyridine rings is 1. The van der Waals surface area contributed by atoms with Gasteiger partial charge < -0.3 is 25.6 Å². The topological polar surface area (TPSA) is 141 Å². The number of carbonyl (C=O) groups excluding carboxylic acids is 2. The summed E-state index contributed by atoms with van der Waals surface area (Å²) in [4.78, 5) is 37.7. The van der Waals surface area contributed by atoms with Crippen LogP contribution in [0, 0.1) is 5.82 Å². The van der Waals surface area contributed by atoms with Gasteiger partial charge in [0.2, 0.25) is 5.91 Å². The third-order valence-corrected chi connectivity index (χ3v) is 5.56. The number of rotatable bonds is 5. The Morgan fingerprint density at radius 3 is 2.15 bits per heavy atom. The summed E-state index contributed by atoms with van der Waals surface area (Å²) in [7, 11) is 0. The molecule has 41 heavy (non-hydrogen) atoms. The van der Waals surface area contributed by atoms with Gasteiger partial charge in [0.1, 0.15) is 17.0 Å².